The van der Waals surface area contributed by atoms with E-state index < -0.39 is 0 Å². The monoisotopic (exact) mass is 241 g/mol. The zero-order chi connectivity index (χ0) is 12.8. The molecular formula is C15H19N3. The van der Waals surface area contributed by atoms with Gasteiger partial charge in [-0.25, -0.2) is 0 Å². The van der Waals surface area contributed by atoms with E-state index in [1.54, 1.807) is 0 Å². The highest BCUT2D eigenvalue weighted by molar-refractivity contribution is 5.75. The minimum Gasteiger partial charge on any atom is -0.397 e. The van der Waals surface area contributed by atoms with Gasteiger partial charge in [-0.05, 0) is 43.1 Å². The Hall–Kier alpha value is -2.00. The molecule has 0 radical (unpaired) electrons. The van der Waals surface area contributed by atoms with E-state index in [1.165, 1.54) is 0 Å². The van der Waals surface area contributed by atoms with Gasteiger partial charge >= 0.3 is 0 Å². The fraction of sp³-hybridized carbons (Fsp3) is 0.200. The third-order valence-electron chi connectivity index (χ3n) is 2.90. The van der Waals surface area contributed by atoms with Crippen molar-refractivity contribution in [1.29, 1.82) is 0 Å². The van der Waals surface area contributed by atoms with Crippen molar-refractivity contribution in [3.63, 3.8) is 0 Å². The van der Waals surface area contributed by atoms with Gasteiger partial charge in [0.1, 0.15) is 0 Å². The molecule has 0 aliphatic carbocycles. The molecule has 0 bridgehead atoms. The molecule has 2 rings (SSSR count). The van der Waals surface area contributed by atoms with Gasteiger partial charge in [-0.15, -0.1) is 0 Å². The van der Waals surface area contributed by atoms with Crippen LogP contribution in [0.2, 0.25) is 0 Å². The smallest absolute Gasteiger partial charge is 0.0620 e. The second-order valence-corrected chi connectivity index (χ2v) is 4.26. The average Bonchev–Trinajstić information content (AvgIpc) is 2.41. The summed E-state index contributed by atoms with van der Waals surface area (Å²) in [4.78, 5) is 0. The molecule has 0 aliphatic heterocycles. The first-order chi connectivity index (χ1) is 8.81. The van der Waals surface area contributed by atoms with E-state index in [0.717, 1.165) is 35.5 Å². The van der Waals surface area contributed by atoms with E-state index in [9.17, 15) is 0 Å². The summed E-state index contributed by atoms with van der Waals surface area (Å²) >= 11 is 0. The Bertz CT molecular complexity index is 494. The fourth-order valence-electron chi connectivity index (χ4n) is 1.91. The lowest BCUT2D eigenvalue weighted by molar-refractivity contribution is 0.834. The maximum absolute atomic E-state index is 6.17. The molecule has 0 unspecified atom stereocenters. The molecule has 94 valence electrons. The summed E-state index contributed by atoms with van der Waals surface area (Å²) in [5.74, 6) is 0. The highest BCUT2D eigenvalue weighted by atomic mass is 14.9. The van der Waals surface area contributed by atoms with Gasteiger partial charge in [-0.3, -0.25) is 0 Å². The second-order valence-electron chi connectivity index (χ2n) is 4.26. The molecule has 0 saturated carbocycles. The first-order valence-corrected chi connectivity index (χ1v) is 6.21. The van der Waals surface area contributed by atoms with Crippen molar-refractivity contribution in [3.05, 3.63) is 54.1 Å². The predicted molar refractivity (Wildman–Crippen MR) is 78.0 cm³/mol. The summed E-state index contributed by atoms with van der Waals surface area (Å²) in [6.45, 7) is 0.690. The molecule has 2 aromatic rings. The Balaban J connectivity index is 2.18. The van der Waals surface area contributed by atoms with E-state index in [4.69, 9.17) is 11.5 Å². The van der Waals surface area contributed by atoms with Gasteiger partial charge in [0.05, 0.1) is 11.4 Å². The van der Waals surface area contributed by atoms with Gasteiger partial charge in [0.15, 0.2) is 0 Å². The number of para-hydroxylation sites is 2. The number of nitrogens with two attached hydrogens (primary N) is 2. The zero-order valence-corrected chi connectivity index (χ0v) is 10.4. The van der Waals surface area contributed by atoms with Crippen LogP contribution in [-0.2, 0) is 6.42 Å². The van der Waals surface area contributed by atoms with Gasteiger partial charge in [-0.1, -0.05) is 30.3 Å². The lowest BCUT2D eigenvalue weighted by Crippen LogP contribution is -2.04. The number of nitrogens with one attached hydrogen (secondary N) is 1. The third-order valence-corrected chi connectivity index (χ3v) is 2.90. The molecule has 2 aromatic carbocycles. The van der Waals surface area contributed by atoms with Gasteiger partial charge in [0.25, 0.3) is 0 Å². The standard InChI is InChI=1S/C15H19N3/c16-11-5-7-12-6-4-10-14(15(12)17)18-13-8-2-1-3-9-13/h1-4,6,8-10,18H,5,7,11,16-17H2. The van der Waals surface area contributed by atoms with Crippen molar-refractivity contribution < 1.29 is 0 Å². The minimum absolute atomic E-state index is 0.690. The summed E-state index contributed by atoms with van der Waals surface area (Å²) in [6.07, 6.45) is 1.88. The molecule has 0 fully saturated rings. The van der Waals surface area contributed by atoms with Crippen LogP contribution in [0.3, 0.4) is 0 Å². The van der Waals surface area contributed by atoms with Crippen LogP contribution in [0.1, 0.15) is 12.0 Å². The summed E-state index contributed by atoms with van der Waals surface area (Å²) in [7, 11) is 0. The number of rotatable bonds is 5. The molecule has 0 amide bonds. The SMILES string of the molecule is NCCCc1cccc(Nc2ccccc2)c1N. The van der Waals surface area contributed by atoms with Gasteiger partial charge < -0.3 is 16.8 Å². The van der Waals surface area contributed by atoms with Crippen LogP contribution in [0, 0.1) is 0 Å². The normalized spacial score (nSPS) is 10.3. The van der Waals surface area contributed by atoms with Crippen LogP contribution in [0.25, 0.3) is 0 Å². The van der Waals surface area contributed by atoms with Crippen LogP contribution in [0.15, 0.2) is 48.5 Å². The average molecular weight is 241 g/mol. The summed E-state index contributed by atoms with van der Waals surface area (Å²) in [5, 5.41) is 3.33. The fourth-order valence-corrected chi connectivity index (χ4v) is 1.91. The first-order valence-electron chi connectivity index (χ1n) is 6.21. The Labute approximate surface area is 108 Å². The molecule has 0 aliphatic rings. The van der Waals surface area contributed by atoms with Crippen molar-refractivity contribution in [2.75, 3.05) is 17.6 Å². The van der Waals surface area contributed by atoms with Crippen LogP contribution in [-0.4, -0.2) is 6.54 Å². The largest absolute Gasteiger partial charge is 0.397 e. The molecule has 0 heterocycles. The van der Waals surface area contributed by atoms with Crippen LogP contribution < -0.4 is 16.8 Å². The molecule has 3 nitrogen and oxygen atoms in total. The van der Waals surface area contributed by atoms with Gasteiger partial charge in [0, 0.05) is 5.69 Å². The highest BCUT2D eigenvalue weighted by Gasteiger charge is 2.04. The molecule has 5 N–H and O–H groups in total. The number of nitrogen functional groups attached to an aromatic ring is 1. The summed E-state index contributed by atoms with van der Waals surface area (Å²) in [5.41, 5.74) is 15.7. The van der Waals surface area contributed by atoms with E-state index in [1.807, 2.05) is 42.5 Å². The maximum Gasteiger partial charge on any atom is 0.0620 e. The molecule has 0 aromatic heterocycles. The number of benzene rings is 2. The third kappa shape index (κ3) is 3.02. The minimum atomic E-state index is 0.690. The molecule has 3 heteroatoms. The molecular weight excluding hydrogens is 222 g/mol. The Morgan fingerprint density at radius 1 is 0.944 bits per heavy atom. The molecule has 0 atom stereocenters. The topological polar surface area (TPSA) is 64.1 Å². The predicted octanol–water partition coefficient (Wildman–Crippen LogP) is 2.90. The lowest BCUT2D eigenvalue weighted by atomic mass is 10.1. The molecule has 0 saturated heterocycles. The lowest BCUT2D eigenvalue weighted by Gasteiger charge is -2.12. The van der Waals surface area contributed by atoms with E-state index in [0.29, 0.717) is 6.54 Å². The Kier molecular flexibility index (Phi) is 4.20. The quantitative estimate of drug-likeness (QED) is 0.705. The van der Waals surface area contributed by atoms with Crippen molar-refractivity contribution >= 4 is 17.1 Å². The highest BCUT2D eigenvalue weighted by Crippen LogP contribution is 2.26. The van der Waals surface area contributed by atoms with Crippen molar-refractivity contribution in [1.82, 2.24) is 0 Å². The first kappa shape index (κ1) is 12.5. The van der Waals surface area contributed by atoms with Crippen molar-refractivity contribution in [3.8, 4) is 0 Å². The van der Waals surface area contributed by atoms with Crippen LogP contribution in [0.5, 0.6) is 0 Å². The van der Waals surface area contributed by atoms with Gasteiger partial charge in [0.2, 0.25) is 0 Å². The van der Waals surface area contributed by atoms with E-state index >= 15 is 0 Å². The number of hydrogen-bond donors (Lipinski definition) is 3. The van der Waals surface area contributed by atoms with Crippen molar-refractivity contribution in [2.24, 2.45) is 5.73 Å². The Morgan fingerprint density at radius 3 is 2.44 bits per heavy atom. The zero-order valence-electron chi connectivity index (χ0n) is 10.4. The summed E-state index contributed by atoms with van der Waals surface area (Å²) in [6, 6.07) is 16.1. The number of aryl methyl sites for hydroxylation is 1. The van der Waals surface area contributed by atoms with Crippen molar-refractivity contribution in [2.45, 2.75) is 12.8 Å². The number of anilines is 3. The molecule has 18 heavy (non-hydrogen) atoms. The maximum atomic E-state index is 6.17. The second kappa shape index (κ2) is 6.07. The van der Waals surface area contributed by atoms with Gasteiger partial charge in [-0.2, -0.15) is 0 Å². The Morgan fingerprint density at radius 2 is 1.72 bits per heavy atom. The summed E-state index contributed by atoms with van der Waals surface area (Å²) < 4.78 is 0. The van der Waals surface area contributed by atoms with Crippen LogP contribution >= 0.6 is 0 Å². The number of hydrogen-bond acceptors (Lipinski definition) is 3. The molecule has 0 spiro atoms. The van der Waals surface area contributed by atoms with Crippen LogP contribution in [0.4, 0.5) is 17.1 Å². The van der Waals surface area contributed by atoms with E-state index in [2.05, 4.69) is 11.4 Å². The van der Waals surface area contributed by atoms with E-state index in [-0.39, 0.29) is 0 Å².